The largest absolute Gasteiger partial charge is 0.363 e. The lowest BCUT2D eigenvalue weighted by Gasteiger charge is -2.32. The summed E-state index contributed by atoms with van der Waals surface area (Å²) in [6.45, 7) is -0.315. The highest BCUT2D eigenvalue weighted by Crippen LogP contribution is 2.41. The SMILES string of the molecule is NC(CCC1CC1)(c1ccncc1)c1ccc(F)c(N2CCC(F)(F)C2)c1. The summed E-state index contributed by atoms with van der Waals surface area (Å²) in [6.07, 6.45) is 7.31. The number of nitrogens with zero attached hydrogens (tertiary/aromatic N) is 2. The zero-order chi connectivity index (χ0) is 19.1. The van der Waals surface area contributed by atoms with Gasteiger partial charge in [-0.2, -0.15) is 0 Å². The van der Waals surface area contributed by atoms with Gasteiger partial charge in [-0.3, -0.25) is 4.98 Å². The third-order valence-corrected chi connectivity index (χ3v) is 5.81. The van der Waals surface area contributed by atoms with Gasteiger partial charge in [-0.25, -0.2) is 13.2 Å². The summed E-state index contributed by atoms with van der Waals surface area (Å²) in [7, 11) is 0. The molecule has 144 valence electrons. The zero-order valence-corrected chi connectivity index (χ0v) is 15.2. The van der Waals surface area contributed by atoms with Gasteiger partial charge in [0.1, 0.15) is 5.82 Å². The Kier molecular flexibility index (Phi) is 4.62. The highest BCUT2D eigenvalue weighted by atomic mass is 19.3. The molecular formula is C21H24F3N3. The lowest BCUT2D eigenvalue weighted by molar-refractivity contribution is 0.0257. The van der Waals surface area contributed by atoms with E-state index in [9.17, 15) is 13.2 Å². The highest BCUT2D eigenvalue weighted by Gasteiger charge is 2.40. The van der Waals surface area contributed by atoms with Gasteiger partial charge in [-0.1, -0.05) is 18.9 Å². The third-order valence-electron chi connectivity index (χ3n) is 5.81. The standard InChI is InChI=1S/C21H24F3N3/c22-18-4-3-17(13-19(18)27-12-9-20(23,24)14-27)21(25,8-5-15-1-2-15)16-6-10-26-11-7-16/h3-4,6-7,10-11,13,15H,1-2,5,8-9,12,14,25H2. The first-order valence-corrected chi connectivity index (χ1v) is 9.50. The molecule has 1 aliphatic carbocycles. The molecular weight excluding hydrogens is 351 g/mol. The monoisotopic (exact) mass is 375 g/mol. The van der Waals surface area contributed by atoms with Crippen LogP contribution in [0, 0.1) is 11.7 Å². The summed E-state index contributed by atoms with van der Waals surface area (Å²) in [6, 6.07) is 8.44. The van der Waals surface area contributed by atoms with Crippen molar-refractivity contribution in [1.29, 1.82) is 0 Å². The smallest absolute Gasteiger partial charge is 0.266 e. The molecule has 2 fully saturated rings. The van der Waals surface area contributed by atoms with Crippen molar-refractivity contribution in [2.75, 3.05) is 18.0 Å². The van der Waals surface area contributed by atoms with Gasteiger partial charge in [0.25, 0.3) is 5.92 Å². The van der Waals surface area contributed by atoms with Gasteiger partial charge < -0.3 is 10.6 Å². The zero-order valence-electron chi connectivity index (χ0n) is 15.2. The van der Waals surface area contributed by atoms with Crippen LogP contribution in [0.2, 0.25) is 0 Å². The van der Waals surface area contributed by atoms with Gasteiger partial charge in [-0.05, 0) is 54.2 Å². The average molecular weight is 375 g/mol. The van der Waals surface area contributed by atoms with Crippen LogP contribution in [0.5, 0.6) is 0 Å². The predicted molar refractivity (Wildman–Crippen MR) is 99.3 cm³/mol. The third kappa shape index (κ3) is 3.81. The summed E-state index contributed by atoms with van der Waals surface area (Å²) in [4.78, 5) is 5.49. The van der Waals surface area contributed by atoms with Crippen LogP contribution in [-0.4, -0.2) is 24.0 Å². The van der Waals surface area contributed by atoms with Crippen molar-refractivity contribution in [3.63, 3.8) is 0 Å². The van der Waals surface area contributed by atoms with Crippen molar-refractivity contribution in [1.82, 2.24) is 4.98 Å². The van der Waals surface area contributed by atoms with Crippen LogP contribution >= 0.6 is 0 Å². The molecule has 2 N–H and O–H groups in total. The Morgan fingerprint density at radius 1 is 1.15 bits per heavy atom. The predicted octanol–water partition coefficient (Wildman–Crippen LogP) is 4.46. The molecule has 1 aromatic carbocycles. The number of nitrogens with two attached hydrogens (primary N) is 1. The van der Waals surface area contributed by atoms with Crippen molar-refractivity contribution in [3.05, 3.63) is 59.7 Å². The molecule has 27 heavy (non-hydrogen) atoms. The second-order valence-electron chi connectivity index (χ2n) is 7.88. The number of pyridine rings is 1. The number of anilines is 1. The molecule has 2 aliphatic rings. The van der Waals surface area contributed by atoms with Crippen LogP contribution in [0.25, 0.3) is 0 Å². The topological polar surface area (TPSA) is 42.1 Å². The number of halogens is 3. The number of benzene rings is 1. The van der Waals surface area contributed by atoms with Gasteiger partial charge in [-0.15, -0.1) is 0 Å². The van der Waals surface area contributed by atoms with E-state index in [-0.39, 0.29) is 18.7 Å². The second kappa shape index (κ2) is 6.82. The van der Waals surface area contributed by atoms with E-state index in [0.29, 0.717) is 5.92 Å². The first-order chi connectivity index (χ1) is 12.9. The van der Waals surface area contributed by atoms with Crippen LogP contribution in [0.15, 0.2) is 42.7 Å². The molecule has 1 atom stereocenters. The van der Waals surface area contributed by atoms with Crippen molar-refractivity contribution < 1.29 is 13.2 Å². The molecule has 6 heteroatoms. The first-order valence-electron chi connectivity index (χ1n) is 9.50. The molecule has 1 saturated heterocycles. The fraction of sp³-hybridized carbons (Fsp3) is 0.476. The minimum absolute atomic E-state index is 0.141. The molecule has 0 spiro atoms. The Bertz CT molecular complexity index is 808. The van der Waals surface area contributed by atoms with E-state index < -0.39 is 23.8 Å². The number of alkyl halides is 2. The molecule has 1 aliphatic heterocycles. The Balaban J connectivity index is 1.70. The van der Waals surface area contributed by atoms with E-state index in [2.05, 4.69) is 4.98 Å². The Morgan fingerprint density at radius 2 is 1.89 bits per heavy atom. The van der Waals surface area contributed by atoms with Crippen LogP contribution in [0.4, 0.5) is 18.9 Å². The van der Waals surface area contributed by atoms with Gasteiger partial charge in [0.05, 0.1) is 17.8 Å². The van der Waals surface area contributed by atoms with E-state index in [1.807, 2.05) is 12.1 Å². The van der Waals surface area contributed by atoms with Crippen molar-refractivity contribution in [2.45, 2.75) is 43.6 Å². The van der Waals surface area contributed by atoms with Crippen LogP contribution in [-0.2, 0) is 5.54 Å². The van der Waals surface area contributed by atoms with E-state index in [4.69, 9.17) is 5.73 Å². The minimum atomic E-state index is -2.78. The number of hydrogen-bond donors (Lipinski definition) is 1. The van der Waals surface area contributed by atoms with E-state index >= 15 is 0 Å². The number of aromatic nitrogens is 1. The van der Waals surface area contributed by atoms with Gasteiger partial charge >= 0.3 is 0 Å². The van der Waals surface area contributed by atoms with Crippen LogP contribution in [0.3, 0.4) is 0 Å². The fourth-order valence-electron chi connectivity index (χ4n) is 3.92. The normalized spacial score (nSPS) is 21.3. The van der Waals surface area contributed by atoms with Crippen LogP contribution < -0.4 is 10.6 Å². The van der Waals surface area contributed by atoms with Crippen molar-refractivity contribution in [3.8, 4) is 0 Å². The molecule has 2 heterocycles. The molecule has 1 aromatic heterocycles. The Labute approximate surface area is 157 Å². The maximum atomic E-state index is 14.5. The quantitative estimate of drug-likeness (QED) is 0.811. The molecule has 1 unspecified atom stereocenters. The first kappa shape index (κ1) is 18.3. The van der Waals surface area contributed by atoms with Gasteiger partial charge in [0.2, 0.25) is 0 Å². The summed E-state index contributed by atoms with van der Waals surface area (Å²) < 4.78 is 41.7. The number of hydrogen-bond acceptors (Lipinski definition) is 3. The summed E-state index contributed by atoms with van der Waals surface area (Å²) in [5, 5.41) is 0. The second-order valence-corrected chi connectivity index (χ2v) is 7.88. The maximum absolute atomic E-state index is 14.5. The molecule has 0 radical (unpaired) electrons. The average Bonchev–Trinajstić information content (AvgIpc) is 3.42. The molecule has 2 aromatic rings. The van der Waals surface area contributed by atoms with Gasteiger partial charge in [0, 0.05) is 25.4 Å². The lowest BCUT2D eigenvalue weighted by atomic mass is 9.79. The maximum Gasteiger partial charge on any atom is 0.266 e. The molecule has 0 bridgehead atoms. The van der Waals surface area contributed by atoms with E-state index in [1.54, 1.807) is 24.5 Å². The van der Waals surface area contributed by atoms with Crippen LogP contribution in [0.1, 0.15) is 43.2 Å². The molecule has 3 nitrogen and oxygen atoms in total. The van der Waals surface area contributed by atoms with E-state index in [0.717, 1.165) is 24.0 Å². The number of rotatable bonds is 6. The van der Waals surface area contributed by atoms with Crippen molar-refractivity contribution in [2.24, 2.45) is 11.7 Å². The molecule has 4 rings (SSSR count). The molecule has 0 amide bonds. The summed E-state index contributed by atoms with van der Waals surface area (Å²) in [5.74, 6) is -2.57. The van der Waals surface area contributed by atoms with Crippen molar-refractivity contribution >= 4 is 5.69 Å². The van der Waals surface area contributed by atoms with E-state index in [1.165, 1.54) is 23.8 Å². The lowest BCUT2D eigenvalue weighted by Crippen LogP contribution is -2.38. The summed E-state index contributed by atoms with van der Waals surface area (Å²) >= 11 is 0. The molecule has 1 saturated carbocycles. The van der Waals surface area contributed by atoms with Gasteiger partial charge in [0.15, 0.2) is 0 Å². The highest BCUT2D eigenvalue weighted by molar-refractivity contribution is 5.54. The summed E-state index contributed by atoms with van der Waals surface area (Å²) in [5.41, 5.74) is 7.94. The fourth-order valence-corrected chi connectivity index (χ4v) is 3.92. The Hall–Kier alpha value is -2.08. The minimum Gasteiger partial charge on any atom is -0.363 e. The Morgan fingerprint density at radius 3 is 2.52 bits per heavy atom.